The van der Waals surface area contributed by atoms with E-state index in [2.05, 4.69) is 4.90 Å². The van der Waals surface area contributed by atoms with Gasteiger partial charge < -0.3 is 24.4 Å². The number of piperazine rings is 1. The van der Waals surface area contributed by atoms with Crippen molar-refractivity contribution in [3.05, 3.63) is 29.8 Å². The smallest absolute Gasteiger partial charge is 0.410 e. The molecule has 1 aromatic carbocycles. The van der Waals surface area contributed by atoms with E-state index in [4.69, 9.17) is 14.6 Å². The third-order valence-electron chi connectivity index (χ3n) is 4.75. The van der Waals surface area contributed by atoms with Crippen LogP contribution in [0.5, 0.6) is 5.75 Å². The van der Waals surface area contributed by atoms with Crippen LogP contribution in [0.15, 0.2) is 24.3 Å². The third-order valence-corrected chi connectivity index (χ3v) is 4.75. The SMILES string of the molecule is CC(C)(C)OC(=O)N1CC(Oc2cccc(CN3CCN(C(=O)O)CC3)c2)C1. The molecule has 154 valence electrons. The van der Waals surface area contributed by atoms with Crippen LogP contribution < -0.4 is 4.74 Å². The van der Waals surface area contributed by atoms with Crippen molar-refractivity contribution in [2.24, 2.45) is 0 Å². The normalized spacial score (nSPS) is 18.5. The molecule has 0 saturated carbocycles. The molecular formula is C20H29N3O5. The van der Waals surface area contributed by atoms with Crippen molar-refractivity contribution in [1.82, 2.24) is 14.7 Å². The van der Waals surface area contributed by atoms with Gasteiger partial charge in [-0.05, 0) is 38.5 Å². The van der Waals surface area contributed by atoms with Gasteiger partial charge in [0.05, 0.1) is 13.1 Å². The molecule has 0 atom stereocenters. The minimum atomic E-state index is -0.851. The number of likely N-dealkylation sites (tertiary alicyclic amines) is 1. The molecule has 0 aliphatic carbocycles. The van der Waals surface area contributed by atoms with Crippen LogP contribution in [-0.4, -0.2) is 83.0 Å². The Morgan fingerprint density at radius 2 is 1.79 bits per heavy atom. The Morgan fingerprint density at radius 1 is 1.11 bits per heavy atom. The van der Waals surface area contributed by atoms with Crippen LogP contribution in [0.25, 0.3) is 0 Å². The summed E-state index contributed by atoms with van der Waals surface area (Å²) in [7, 11) is 0. The monoisotopic (exact) mass is 391 g/mol. The summed E-state index contributed by atoms with van der Waals surface area (Å²) in [6, 6.07) is 7.94. The summed E-state index contributed by atoms with van der Waals surface area (Å²) in [5.74, 6) is 0.788. The zero-order valence-electron chi connectivity index (χ0n) is 16.8. The van der Waals surface area contributed by atoms with Crippen LogP contribution in [0.1, 0.15) is 26.3 Å². The summed E-state index contributed by atoms with van der Waals surface area (Å²) < 4.78 is 11.3. The molecule has 1 aromatic rings. The van der Waals surface area contributed by atoms with Gasteiger partial charge in [0, 0.05) is 32.7 Å². The van der Waals surface area contributed by atoms with Crippen LogP contribution >= 0.6 is 0 Å². The van der Waals surface area contributed by atoms with Crippen molar-refractivity contribution in [3.63, 3.8) is 0 Å². The largest absolute Gasteiger partial charge is 0.487 e. The highest BCUT2D eigenvalue weighted by Gasteiger charge is 2.35. The molecule has 0 aromatic heterocycles. The van der Waals surface area contributed by atoms with E-state index in [1.165, 1.54) is 4.90 Å². The van der Waals surface area contributed by atoms with Crippen LogP contribution in [-0.2, 0) is 11.3 Å². The molecule has 8 heteroatoms. The van der Waals surface area contributed by atoms with Gasteiger partial charge in [0.25, 0.3) is 0 Å². The van der Waals surface area contributed by atoms with E-state index in [0.29, 0.717) is 26.2 Å². The van der Waals surface area contributed by atoms with Gasteiger partial charge in [-0.1, -0.05) is 12.1 Å². The second kappa shape index (κ2) is 8.26. The van der Waals surface area contributed by atoms with Crippen LogP contribution in [0.2, 0.25) is 0 Å². The molecule has 2 aliphatic heterocycles. The van der Waals surface area contributed by atoms with Crippen molar-refractivity contribution < 1.29 is 24.2 Å². The predicted octanol–water partition coefficient (Wildman–Crippen LogP) is 2.48. The highest BCUT2D eigenvalue weighted by molar-refractivity contribution is 5.69. The Hall–Kier alpha value is -2.48. The second-order valence-corrected chi connectivity index (χ2v) is 8.32. The molecule has 2 fully saturated rings. The summed E-state index contributed by atoms with van der Waals surface area (Å²) in [6.07, 6.45) is -1.18. The Kier molecular flexibility index (Phi) is 5.98. The average Bonchev–Trinajstić information content (AvgIpc) is 2.57. The average molecular weight is 391 g/mol. The minimum absolute atomic E-state index is 0.0260. The highest BCUT2D eigenvalue weighted by Crippen LogP contribution is 2.22. The fraction of sp³-hybridized carbons (Fsp3) is 0.600. The van der Waals surface area contributed by atoms with Gasteiger partial charge in [-0.3, -0.25) is 4.90 Å². The Bertz CT molecular complexity index is 704. The van der Waals surface area contributed by atoms with Gasteiger partial charge in [0.1, 0.15) is 17.5 Å². The summed E-state index contributed by atoms with van der Waals surface area (Å²) >= 11 is 0. The van der Waals surface area contributed by atoms with E-state index >= 15 is 0 Å². The van der Waals surface area contributed by atoms with E-state index in [1.807, 2.05) is 45.0 Å². The van der Waals surface area contributed by atoms with Gasteiger partial charge in [-0.2, -0.15) is 0 Å². The van der Waals surface area contributed by atoms with Gasteiger partial charge in [0.2, 0.25) is 0 Å². The lowest BCUT2D eigenvalue weighted by atomic mass is 10.1. The number of carboxylic acid groups (broad SMARTS) is 1. The molecule has 1 N–H and O–H groups in total. The van der Waals surface area contributed by atoms with Gasteiger partial charge in [-0.25, -0.2) is 9.59 Å². The van der Waals surface area contributed by atoms with E-state index in [9.17, 15) is 9.59 Å². The number of rotatable bonds is 4. The first-order chi connectivity index (χ1) is 13.2. The summed E-state index contributed by atoms with van der Waals surface area (Å²) in [5.41, 5.74) is 0.637. The zero-order valence-corrected chi connectivity index (χ0v) is 16.8. The lowest BCUT2D eigenvalue weighted by Crippen LogP contribution is -2.57. The molecule has 0 unspecified atom stereocenters. The maximum Gasteiger partial charge on any atom is 0.410 e. The number of ether oxygens (including phenoxy) is 2. The maximum atomic E-state index is 12.0. The van der Waals surface area contributed by atoms with Crippen LogP contribution in [0, 0.1) is 0 Å². The molecule has 8 nitrogen and oxygen atoms in total. The third kappa shape index (κ3) is 5.51. The van der Waals surface area contributed by atoms with Crippen LogP contribution in [0.4, 0.5) is 9.59 Å². The first-order valence-electron chi connectivity index (χ1n) is 9.63. The lowest BCUT2D eigenvalue weighted by Gasteiger charge is -2.39. The zero-order chi connectivity index (χ0) is 20.3. The lowest BCUT2D eigenvalue weighted by molar-refractivity contribution is -0.0221. The van der Waals surface area contributed by atoms with Crippen molar-refractivity contribution in [2.45, 2.75) is 39.0 Å². The number of nitrogens with zero attached hydrogens (tertiary/aromatic N) is 3. The summed E-state index contributed by atoms with van der Waals surface area (Å²) in [5, 5.41) is 9.03. The quantitative estimate of drug-likeness (QED) is 0.849. The van der Waals surface area contributed by atoms with E-state index < -0.39 is 11.7 Å². The van der Waals surface area contributed by atoms with Crippen molar-refractivity contribution in [2.75, 3.05) is 39.3 Å². The fourth-order valence-corrected chi connectivity index (χ4v) is 3.25. The summed E-state index contributed by atoms with van der Waals surface area (Å²) in [6.45, 7) is 9.90. The van der Waals surface area contributed by atoms with Crippen LogP contribution in [0.3, 0.4) is 0 Å². The fourth-order valence-electron chi connectivity index (χ4n) is 3.25. The first kappa shape index (κ1) is 20.3. The van der Waals surface area contributed by atoms with E-state index in [-0.39, 0.29) is 12.2 Å². The molecule has 0 spiro atoms. The van der Waals surface area contributed by atoms with Gasteiger partial charge in [0.15, 0.2) is 0 Å². The highest BCUT2D eigenvalue weighted by atomic mass is 16.6. The van der Waals surface area contributed by atoms with Crippen molar-refractivity contribution in [1.29, 1.82) is 0 Å². The Labute approximate surface area is 165 Å². The summed E-state index contributed by atoms with van der Waals surface area (Å²) in [4.78, 5) is 28.3. The number of amides is 2. The minimum Gasteiger partial charge on any atom is -0.487 e. The molecule has 2 amide bonds. The standard InChI is InChI=1S/C20H29N3O5/c1-20(2,3)28-19(26)23-13-17(14-23)27-16-6-4-5-15(11-16)12-21-7-9-22(10-8-21)18(24)25/h4-6,11,17H,7-10,12-14H2,1-3H3,(H,24,25). The molecule has 0 bridgehead atoms. The predicted molar refractivity (Wildman–Crippen MR) is 104 cm³/mol. The molecule has 2 aliphatic rings. The Balaban J connectivity index is 1.45. The number of carbonyl (C=O) groups excluding carboxylic acids is 1. The number of hydrogen-bond donors (Lipinski definition) is 1. The maximum absolute atomic E-state index is 12.0. The van der Waals surface area contributed by atoms with E-state index in [1.54, 1.807) is 4.90 Å². The number of benzene rings is 1. The van der Waals surface area contributed by atoms with Gasteiger partial charge in [-0.15, -0.1) is 0 Å². The van der Waals surface area contributed by atoms with Crippen molar-refractivity contribution >= 4 is 12.2 Å². The molecule has 3 rings (SSSR count). The molecule has 2 saturated heterocycles. The topological polar surface area (TPSA) is 82.5 Å². The molecule has 2 heterocycles. The number of carbonyl (C=O) groups is 2. The molecule has 0 radical (unpaired) electrons. The number of hydrogen-bond acceptors (Lipinski definition) is 5. The van der Waals surface area contributed by atoms with Gasteiger partial charge >= 0.3 is 12.2 Å². The molecule has 28 heavy (non-hydrogen) atoms. The second-order valence-electron chi connectivity index (χ2n) is 8.32. The van der Waals surface area contributed by atoms with E-state index in [0.717, 1.165) is 30.9 Å². The first-order valence-corrected chi connectivity index (χ1v) is 9.63. The van der Waals surface area contributed by atoms with Crippen molar-refractivity contribution in [3.8, 4) is 5.75 Å². The Morgan fingerprint density at radius 3 is 2.39 bits per heavy atom. The molecular weight excluding hydrogens is 362 g/mol.